The highest BCUT2D eigenvalue weighted by molar-refractivity contribution is 5.37. The van der Waals surface area contributed by atoms with Gasteiger partial charge in [0.2, 0.25) is 0 Å². The fourth-order valence-corrected chi connectivity index (χ4v) is 2.34. The van der Waals surface area contributed by atoms with Crippen LogP contribution in [0.5, 0.6) is 0 Å². The summed E-state index contributed by atoms with van der Waals surface area (Å²) >= 11 is 0. The Kier molecular flexibility index (Phi) is 5.70. The van der Waals surface area contributed by atoms with Gasteiger partial charge in [-0.25, -0.2) is 5.11 Å². The molecule has 1 atom stereocenters. The number of benzene rings is 1. The van der Waals surface area contributed by atoms with Crippen molar-refractivity contribution >= 4 is 0 Å². The normalized spacial score (nSPS) is 13.1. The maximum Gasteiger partial charge on any atom is 0.121 e. The van der Waals surface area contributed by atoms with E-state index in [0.717, 1.165) is 31.2 Å². The number of aryl methyl sites for hydroxylation is 2. The van der Waals surface area contributed by atoms with Gasteiger partial charge in [-0.2, -0.15) is 0 Å². The molecule has 1 aromatic rings. The van der Waals surface area contributed by atoms with Gasteiger partial charge in [0.05, 0.1) is 0 Å². The average molecular weight is 233 g/mol. The molecule has 0 heterocycles. The minimum absolute atomic E-state index is 0.170. The van der Waals surface area contributed by atoms with Crippen LogP contribution >= 0.6 is 0 Å². The predicted octanol–water partition coefficient (Wildman–Crippen LogP) is 4.72. The summed E-state index contributed by atoms with van der Waals surface area (Å²) in [6.45, 7) is 8.39. The monoisotopic (exact) mass is 233 g/mol. The summed E-state index contributed by atoms with van der Waals surface area (Å²) < 4.78 is 0. The second-order valence-electron chi connectivity index (χ2n) is 5.15. The van der Waals surface area contributed by atoms with Crippen molar-refractivity contribution < 1.29 is 5.11 Å². The van der Waals surface area contributed by atoms with Gasteiger partial charge in [0, 0.05) is 0 Å². The Labute approximate surface area is 106 Å². The molecule has 1 unspecified atom stereocenters. The first-order chi connectivity index (χ1) is 8.11. The summed E-state index contributed by atoms with van der Waals surface area (Å²) in [6.07, 6.45) is 3.69. The third kappa shape index (κ3) is 3.57. The summed E-state index contributed by atoms with van der Waals surface area (Å²) in [5.41, 5.74) is 3.63. The highest BCUT2D eigenvalue weighted by atomic mass is 16.3. The molecule has 0 aliphatic rings. The van der Waals surface area contributed by atoms with Crippen LogP contribution in [0.4, 0.5) is 0 Å². The van der Waals surface area contributed by atoms with Crippen molar-refractivity contribution in [2.24, 2.45) is 5.92 Å². The predicted molar refractivity (Wildman–Crippen MR) is 72.7 cm³/mol. The van der Waals surface area contributed by atoms with E-state index >= 15 is 0 Å². The third-order valence-corrected chi connectivity index (χ3v) is 3.22. The second-order valence-corrected chi connectivity index (χ2v) is 5.15. The van der Waals surface area contributed by atoms with Gasteiger partial charge in [-0.15, -0.1) is 0 Å². The van der Waals surface area contributed by atoms with E-state index in [1.54, 1.807) is 0 Å². The maximum atomic E-state index is 12.4. The molecule has 1 rings (SSSR count). The van der Waals surface area contributed by atoms with Gasteiger partial charge in [-0.3, -0.25) is 0 Å². The molecule has 0 aliphatic heterocycles. The van der Waals surface area contributed by atoms with Gasteiger partial charge >= 0.3 is 0 Å². The van der Waals surface area contributed by atoms with Crippen LogP contribution in [0, 0.1) is 5.92 Å². The van der Waals surface area contributed by atoms with Crippen molar-refractivity contribution in [2.45, 2.75) is 59.5 Å². The van der Waals surface area contributed by atoms with E-state index in [9.17, 15) is 5.11 Å². The largest absolute Gasteiger partial charge is 0.228 e. The van der Waals surface area contributed by atoms with Crippen LogP contribution in [0.3, 0.4) is 0 Å². The van der Waals surface area contributed by atoms with E-state index in [4.69, 9.17) is 0 Å². The summed E-state index contributed by atoms with van der Waals surface area (Å²) in [7, 11) is 0. The van der Waals surface area contributed by atoms with Gasteiger partial charge in [0.15, 0.2) is 0 Å². The first kappa shape index (κ1) is 14.2. The second kappa shape index (κ2) is 6.80. The van der Waals surface area contributed by atoms with Crippen molar-refractivity contribution in [1.29, 1.82) is 0 Å². The molecule has 0 aliphatic carbocycles. The van der Waals surface area contributed by atoms with Crippen LogP contribution in [0.25, 0.3) is 0 Å². The molecule has 0 spiro atoms. The van der Waals surface area contributed by atoms with E-state index in [-0.39, 0.29) is 5.92 Å². The molecule has 0 N–H and O–H groups in total. The Bertz CT molecular complexity index is 317. The molecule has 95 valence electrons. The average Bonchev–Trinajstić information content (AvgIpc) is 2.29. The van der Waals surface area contributed by atoms with E-state index in [2.05, 4.69) is 32.0 Å². The van der Waals surface area contributed by atoms with Crippen LogP contribution in [0.15, 0.2) is 18.2 Å². The molecule has 1 heteroatoms. The summed E-state index contributed by atoms with van der Waals surface area (Å²) in [5.74, 6) is 0.170. The Hall–Kier alpha value is -0.820. The van der Waals surface area contributed by atoms with Crippen LogP contribution in [-0.4, -0.2) is 0 Å². The summed E-state index contributed by atoms with van der Waals surface area (Å²) in [6, 6.07) is 6.36. The molecular weight excluding hydrogens is 208 g/mol. The van der Waals surface area contributed by atoms with E-state index in [0.29, 0.717) is 0 Å². The fourth-order valence-electron chi connectivity index (χ4n) is 2.34. The minimum Gasteiger partial charge on any atom is -0.228 e. The molecule has 1 radical (unpaired) electrons. The number of hydrogen-bond donors (Lipinski definition) is 0. The number of hydrogen-bond acceptors (Lipinski definition) is 0. The van der Waals surface area contributed by atoms with Gasteiger partial charge in [0.1, 0.15) is 6.10 Å². The Balaban J connectivity index is 3.17. The smallest absolute Gasteiger partial charge is 0.121 e. The lowest BCUT2D eigenvalue weighted by molar-refractivity contribution is 0.0473. The lowest BCUT2D eigenvalue weighted by atomic mass is 9.87. The van der Waals surface area contributed by atoms with Crippen molar-refractivity contribution in [3.8, 4) is 0 Å². The molecule has 0 amide bonds. The van der Waals surface area contributed by atoms with Crippen LogP contribution < -0.4 is 0 Å². The standard InChI is InChI=1S/C16H25O/c1-5-8-13-10-7-11-14(9-6-2)15(13)16(17)12(3)4/h7,10-12,16H,5-6,8-9H2,1-4H3. The third-order valence-electron chi connectivity index (χ3n) is 3.22. The molecule has 1 nitrogen and oxygen atoms in total. The highest BCUT2D eigenvalue weighted by Crippen LogP contribution is 2.30. The quantitative estimate of drug-likeness (QED) is 0.677. The van der Waals surface area contributed by atoms with E-state index in [1.807, 2.05) is 13.8 Å². The summed E-state index contributed by atoms with van der Waals surface area (Å²) in [5, 5.41) is 12.4. The Morgan fingerprint density at radius 1 is 1.00 bits per heavy atom. The van der Waals surface area contributed by atoms with E-state index in [1.165, 1.54) is 11.1 Å². The maximum absolute atomic E-state index is 12.4. The van der Waals surface area contributed by atoms with Crippen molar-refractivity contribution in [3.05, 3.63) is 34.9 Å². The zero-order chi connectivity index (χ0) is 12.8. The van der Waals surface area contributed by atoms with E-state index < -0.39 is 6.10 Å². The Morgan fingerprint density at radius 2 is 1.47 bits per heavy atom. The molecule has 17 heavy (non-hydrogen) atoms. The van der Waals surface area contributed by atoms with Crippen LogP contribution in [0.2, 0.25) is 0 Å². The molecule has 0 bridgehead atoms. The number of rotatable bonds is 6. The highest BCUT2D eigenvalue weighted by Gasteiger charge is 2.20. The van der Waals surface area contributed by atoms with Gasteiger partial charge in [-0.1, -0.05) is 58.7 Å². The molecule has 0 aromatic heterocycles. The fraction of sp³-hybridized carbons (Fsp3) is 0.625. The van der Waals surface area contributed by atoms with Gasteiger partial charge < -0.3 is 0 Å². The SMILES string of the molecule is CCCc1cccc(CCC)c1C([O])C(C)C. The van der Waals surface area contributed by atoms with Gasteiger partial charge in [-0.05, 0) is 35.4 Å². The minimum atomic E-state index is -0.570. The lowest BCUT2D eigenvalue weighted by Gasteiger charge is -2.20. The molecule has 1 aromatic carbocycles. The molecular formula is C16H25O. The zero-order valence-corrected chi connectivity index (χ0v) is 11.6. The first-order valence-electron chi connectivity index (χ1n) is 6.88. The van der Waals surface area contributed by atoms with Crippen molar-refractivity contribution in [3.63, 3.8) is 0 Å². The molecule has 0 saturated heterocycles. The first-order valence-corrected chi connectivity index (χ1v) is 6.88. The topological polar surface area (TPSA) is 19.9 Å². The van der Waals surface area contributed by atoms with Gasteiger partial charge in [0.25, 0.3) is 0 Å². The van der Waals surface area contributed by atoms with Crippen LogP contribution in [-0.2, 0) is 17.9 Å². The van der Waals surface area contributed by atoms with Crippen molar-refractivity contribution in [2.75, 3.05) is 0 Å². The Morgan fingerprint density at radius 3 is 1.82 bits per heavy atom. The van der Waals surface area contributed by atoms with Crippen LogP contribution in [0.1, 0.15) is 63.3 Å². The summed E-state index contributed by atoms with van der Waals surface area (Å²) in [4.78, 5) is 0. The molecule has 0 saturated carbocycles. The lowest BCUT2D eigenvalue weighted by Crippen LogP contribution is -2.10. The zero-order valence-electron chi connectivity index (χ0n) is 11.6. The van der Waals surface area contributed by atoms with Crippen molar-refractivity contribution in [1.82, 2.24) is 0 Å². The molecule has 0 fully saturated rings.